The molecular weight excluding hydrogens is 450 g/mol. The minimum Gasteiger partial charge on any atom is -0.492 e. The first-order chi connectivity index (χ1) is 12.1. The van der Waals surface area contributed by atoms with Gasteiger partial charge in [-0.2, -0.15) is 0 Å². The Morgan fingerprint density at radius 2 is 1.96 bits per heavy atom. The Morgan fingerprint density at radius 3 is 2.68 bits per heavy atom. The molecule has 6 heteroatoms. The van der Waals surface area contributed by atoms with Crippen molar-refractivity contribution in [1.82, 2.24) is 0 Å². The first-order valence-electron chi connectivity index (χ1n) is 7.79. The van der Waals surface area contributed by atoms with E-state index >= 15 is 0 Å². The second-order valence-corrected chi connectivity index (χ2v) is 7.17. The van der Waals surface area contributed by atoms with Crippen LogP contribution in [-0.4, -0.2) is 18.3 Å². The lowest BCUT2D eigenvalue weighted by atomic mass is 10.0. The van der Waals surface area contributed by atoms with Crippen molar-refractivity contribution in [3.05, 3.63) is 68.1 Å². The van der Waals surface area contributed by atoms with Crippen LogP contribution in [-0.2, 0) is 9.63 Å². The van der Waals surface area contributed by atoms with E-state index in [1.807, 2.05) is 49.4 Å². The molecule has 1 aliphatic rings. The van der Waals surface area contributed by atoms with Crippen LogP contribution in [0.2, 0.25) is 0 Å². The van der Waals surface area contributed by atoms with Crippen LogP contribution >= 0.6 is 31.9 Å². The van der Waals surface area contributed by atoms with E-state index < -0.39 is 5.97 Å². The molecule has 4 nitrogen and oxygen atoms in total. The molecule has 0 radical (unpaired) electrons. The van der Waals surface area contributed by atoms with Crippen LogP contribution in [0.4, 0.5) is 0 Å². The summed E-state index contributed by atoms with van der Waals surface area (Å²) in [6, 6.07) is 13.3. The lowest BCUT2D eigenvalue weighted by Crippen LogP contribution is -2.07. The first kappa shape index (κ1) is 17.9. The number of carbonyl (C=O) groups excluding carboxylic acids is 1. The van der Waals surface area contributed by atoms with E-state index in [1.54, 1.807) is 6.08 Å². The topological polar surface area (TPSA) is 47.9 Å². The van der Waals surface area contributed by atoms with Gasteiger partial charge in [-0.1, -0.05) is 58.3 Å². The summed E-state index contributed by atoms with van der Waals surface area (Å²) in [5, 5.41) is 3.94. The fourth-order valence-corrected chi connectivity index (χ4v) is 3.79. The molecule has 128 valence electrons. The Labute approximate surface area is 162 Å². The van der Waals surface area contributed by atoms with Crippen LogP contribution in [0.3, 0.4) is 0 Å². The van der Waals surface area contributed by atoms with Gasteiger partial charge in [-0.25, -0.2) is 4.79 Å². The van der Waals surface area contributed by atoms with E-state index in [4.69, 9.17) is 9.57 Å². The van der Waals surface area contributed by atoms with Gasteiger partial charge in [-0.3, -0.25) is 0 Å². The highest BCUT2D eigenvalue weighted by atomic mass is 79.9. The summed E-state index contributed by atoms with van der Waals surface area (Å²) in [4.78, 5) is 17.1. The highest BCUT2D eigenvalue weighted by Crippen LogP contribution is 2.35. The number of benzene rings is 2. The molecular formula is C19H15Br2NO3. The summed E-state index contributed by atoms with van der Waals surface area (Å²) in [6.45, 7) is 2.62. The summed E-state index contributed by atoms with van der Waals surface area (Å²) in [5.74, 6) is 0.209. The third-order valence-corrected chi connectivity index (χ3v) is 4.58. The summed E-state index contributed by atoms with van der Waals surface area (Å²) in [7, 11) is 0. The fraction of sp³-hybridized carbons (Fsp3) is 0.158. The molecule has 2 aromatic carbocycles. The molecule has 2 aromatic rings. The second-order valence-electron chi connectivity index (χ2n) is 5.40. The largest absolute Gasteiger partial charge is 0.492 e. The highest BCUT2D eigenvalue weighted by molar-refractivity contribution is 9.11. The van der Waals surface area contributed by atoms with E-state index in [2.05, 4.69) is 37.0 Å². The SMILES string of the molecule is CCCOc1c(Br)cc(Br)cc1/C=C1\C(=O)ON=C1c1ccccc1. The maximum atomic E-state index is 12.2. The molecule has 3 rings (SSSR count). The van der Waals surface area contributed by atoms with Gasteiger partial charge in [-0.05, 0) is 40.6 Å². The number of nitrogens with zero attached hydrogens (tertiary/aromatic N) is 1. The van der Waals surface area contributed by atoms with E-state index in [0.717, 1.165) is 26.5 Å². The van der Waals surface area contributed by atoms with Crippen LogP contribution in [0.5, 0.6) is 5.75 Å². The van der Waals surface area contributed by atoms with Gasteiger partial charge in [0.05, 0.1) is 16.7 Å². The maximum absolute atomic E-state index is 12.2. The fourth-order valence-electron chi connectivity index (χ4n) is 2.41. The minimum absolute atomic E-state index is 0.401. The Kier molecular flexibility index (Phi) is 5.71. The average molecular weight is 465 g/mol. The summed E-state index contributed by atoms with van der Waals surface area (Å²) in [5.41, 5.74) is 2.51. The zero-order valence-electron chi connectivity index (χ0n) is 13.5. The van der Waals surface area contributed by atoms with Crippen molar-refractivity contribution in [3.8, 4) is 5.75 Å². The van der Waals surface area contributed by atoms with Crippen molar-refractivity contribution in [2.24, 2.45) is 5.16 Å². The van der Waals surface area contributed by atoms with Gasteiger partial charge in [0.1, 0.15) is 11.5 Å². The lowest BCUT2D eigenvalue weighted by molar-refractivity contribution is -0.136. The van der Waals surface area contributed by atoms with E-state index in [0.29, 0.717) is 23.6 Å². The Bertz CT molecular complexity index is 860. The molecule has 0 unspecified atom stereocenters. The molecule has 1 heterocycles. The average Bonchev–Trinajstić information content (AvgIpc) is 2.96. The molecule has 0 atom stereocenters. The van der Waals surface area contributed by atoms with Crippen LogP contribution in [0.1, 0.15) is 24.5 Å². The summed E-state index contributed by atoms with van der Waals surface area (Å²) < 4.78 is 7.54. The number of oxime groups is 1. The van der Waals surface area contributed by atoms with Crippen LogP contribution < -0.4 is 4.74 Å². The molecule has 0 saturated heterocycles. The number of rotatable bonds is 5. The smallest absolute Gasteiger partial charge is 0.368 e. The molecule has 0 saturated carbocycles. The van der Waals surface area contributed by atoms with E-state index in [-0.39, 0.29) is 0 Å². The van der Waals surface area contributed by atoms with Crippen molar-refractivity contribution in [3.63, 3.8) is 0 Å². The number of hydrogen-bond acceptors (Lipinski definition) is 4. The molecule has 0 aliphatic carbocycles. The summed E-state index contributed by atoms with van der Waals surface area (Å²) in [6.07, 6.45) is 2.64. The molecule has 1 aliphatic heterocycles. The van der Waals surface area contributed by atoms with Crippen molar-refractivity contribution >= 4 is 49.6 Å². The number of ether oxygens (including phenoxy) is 1. The zero-order chi connectivity index (χ0) is 17.8. The van der Waals surface area contributed by atoms with E-state index in [9.17, 15) is 4.79 Å². The minimum atomic E-state index is -0.476. The summed E-state index contributed by atoms with van der Waals surface area (Å²) >= 11 is 7.00. The number of halogens is 2. The maximum Gasteiger partial charge on any atom is 0.368 e. The molecule has 0 fully saturated rings. The third kappa shape index (κ3) is 4.02. The normalized spacial score (nSPS) is 15.2. The number of hydrogen-bond donors (Lipinski definition) is 0. The molecule has 0 bridgehead atoms. The Hall–Kier alpha value is -1.92. The van der Waals surface area contributed by atoms with Crippen LogP contribution in [0.15, 0.2) is 62.1 Å². The van der Waals surface area contributed by atoms with Gasteiger partial charge in [0, 0.05) is 15.6 Å². The second kappa shape index (κ2) is 7.97. The van der Waals surface area contributed by atoms with Gasteiger partial charge < -0.3 is 9.57 Å². The standard InChI is InChI=1S/C19H15Br2NO3/c1-2-8-24-18-13(9-14(20)11-16(18)21)10-15-17(22-25-19(15)23)12-6-4-3-5-7-12/h3-7,9-11H,2,8H2,1H3/b15-10-. The van der Waals surface area contributed by atoms with Gasteiger partial charge >= 0.3 is 5.97 Å². The monoisotopic (exact) mass is 463 g/mol. The molecule has 0 N–H and O–H groups in total. The van der Waals surface area contributed by atoms with Crippen molar-refractivity contribution < 1.29 is 14.4 Å². The van der Waals surface area contributed by atoms with E-state index in [1.165, 1.54) is 0 Å². The van der Waals surface area contributed by atoms with Crippen molar-refractivity contribution in [2.75, 3.05) is 6.61 Å². The van der Waals surface area contributed by atoms with Gasteiger partial charge in [0.15, 0.2) is 0 Å². The first-order valence-corrected chi connectivity index (χ1v) is 9.37. The van der Waals surface area contributed by atoms with Gasteiger partial charge in [0.25, 0.3) is 0 Å². The third-order valence-electron chi connectivity index (χ3n) is 3.53. The van der Waals surface area contributed by atoms with Crippen LogP contribution in [0.25, 0.3) is 6.08 Å². The highest BCUT2D eigenvalue weighted by Gasteiger charge is 2.27. The molecule has 0 spiro atoms. The molecule has 25 heavy (non-hydrogen) atoms. The predicted octanol–water partition coefficient (Wildman–Crippen LogP) is 5.34. The quantitative estimate of drug-likeness (QED) is 0.443. The molecule has 0 aromatic heterocycles. The predicted molar refractivity (Wildman–Crippen MR) is 105 cm³/mol. The Morgan fingerprint density at radius 1 is 1.20 bits per heavy atom. The zero-order valence-corrected chi connectivity index (χ0v) is 16.6. The molecule has 0 amide bonds. The lowest BCUT2D eigenvalue weighted by Gasteiger charge is -2.12. The number of carbonyl (C=O) groups is 1. The van der Waals surface area contributed by atoms with Crippen LogP contribution in [0, 0.1) is 0 Å². The van der Waals surface area contributed by atoms with Gasteiger partial charge in [0.2, 0.25) is 0 Å². The van der Waals surface area contributed by atoms with Gasteiger partial charge in [-0.15, -0.1) is 0 Å². The van der Waals surface area contributed by atoms with Crippen molar-refractivity contribution in [2.45, 2.75) is 13.3 Å². The van der Waals surface area contributed by atoms with Crippen molar-refractivity contribution in [1.29, 1.82) is 0 Å². The Balaban J connectivity index is 2.07.